The van der Waals surface area contributed by atoms with Gasteiger partial charge in [0.15, 0.2) is 0 Å². The van der Waals surface area contributed by atoms with E-state index in [4.69, 9.17) is 51.6 Å². The lowest BCUT2D eigenvalue weighted by Gasteiger charge is -2.26. The zero-order chi connectivity index (χ0) is 10.9. The van der Waals surface area contributed by atoms with Gasteiger partial charge in [0.1, 0.15) is 4.84 Å². The number of hydrogen-bond acceptors (Lipinski definition) is 3. The Kier molecular flexibility index (Phi) is 4.13. The third-order valence-corrected chi connectivity index (χ3v) is 2.46. The number of anilines is 1. The van der Waals surface area contributed by atoms with Crippen LogP contribution in [0.3, 0.4) is 0 Å². The van der Waals surface area contributed by atoms with Gasteiger partial charge in [-0.3, -0.25) is 5.21 Å². The third-order valence-electron chi connectivity index (χ3n) is 1.48. The molecule has 0 aliphatic carbocycles. The van der Waals surface area contributed by atoms with E-state index in [1.54, 1.807) is 0 Å². The molecule has 1 N–H and O–H groups in total. The Morgan fingerprint density at radius 3 is 2.29 bits per heavy atom. The van der Waals surface area contributed by atoms with Crippen LogP contribution in [0.4, 0.5) is 5.69 Å². The molecule has 0 aromatic heterocycles. The van der Waals surface area contributed by atoms with Crippen molar-refractivity contribution in [2.45, 2.75) is 4.84 Å². The summed E-state index contributed by atoms with van der Waals surface area (Å²) >= 11 is 22.5. The average molecular weight is 276 g/mol. The van der Waals surface area contributed by atoms with Crippen LogP contribution in [0.1, 0.15) is 10.4 Å². The second-order valence-electron chi connectivity index (χ2n) is 2.40. The van der Waals surface area contributed by atoms with Gasteiger partial charge in [-0.15, -0.1) is 0 Å². The zero-order valence-corrected chi connectivity index (χ0v) is 9.57. The van der Waals surface area contributed by atoms with E-state index in [-0.39, 0.29) is 21.3 Å². The molecule has 0 saturated carbocycles. The van der Waals surface area contributed by atoms with Crippen molar-refractivity contribution in [3.8, 4) is 0 Å². The molecule has 1 rings (SSSR count). The van der Waals surface area contributed by atoms with Crippen molar-refractivity contribution in [3.05, 3.63) is 32.9 Å². The summed E-state index contributed by atoms with van der Waals surface area (Å²) in [7, 11) is 0. The van der Waals surface area contributed by atoms with Gasteiger partial charge in [0.25, 0.3) is 0 Å². The molecule has 7 heteroatoms. The number of rotatable bonds is 2. The van der Waals surface area contributed by atoms with Crippen molar-refractivity contribution in [1.82, 2.24) is 0 Å². The number of hydrogen-bond donors (Lipinski definition) is 1. The van der Waals surface area contributed by atoms with Crippen LogP contribution < -0.4 is 5.23 Å². The minimum absolute atomic E-state index is 0.0173. The number of alkyl halides is 2. The fraction of sp³-hybridized carbons (Fsp3) is 0.143. The van der Waals surface area contributed by atoms with Crippen LogP contribution in [-0.4, -0.2) is 5.21 Å². The second kappa shape index (κ2) is 4.75. The van der Waals surface area contributed by atoms with E-state index >= 15 is 0 Å². The van der Waals surface area contributed by atoms with E-state index in [2.05, 4.69) is 0 Å². The SMILES string of the molecule is [O-]N(O)c1c(Cl)cc(Cl)cc1C(Cl)Cl. The lowest BCUT2D eigenvalue weighted by Crippen LogP contribution is -2.10. The predicted molar refractivity (Wildman–Crippen MR) is 58.5 cm³/mol. The molecule has 78 valence electrons. The Bertz CT molecular complexity index is 343. The van der Waals surface area contributed by atoms with Gasteiger partial charge in [0, 0.05) is 10.6 Å². The van der Waals surface area contributed by atoms with Crippen LogP contribution in [0.5, 0.6) is 0 Å². The van der Waals surface area contributed by atoms with Crippen molar-refractivity contribution in [2.24, 2.45) is 0 Å². The third kappa shape index (κ3) is 2.57. The van der Waals surface area contributed by atoms with E-state index in [1.807, 2.05) is 0 Å². The molecule has 3 nitrogen and oxygen atoms in total. The molecule has 0 aliphatic heterocycles. The van der Waals surface area contributed by atoms with Crippen LogP contribution >= 0.6 is 46.4 Å². The van der Waals surface area contributed by atoms with E-state index < -0.39 is 10.1 Å². The second-order valence-corrected chi connectivity index (χ2v) is 4.34. The maximum atomic E-state index is 10.7. The van der Waals surface area contributed by atoms with Gasteiger partial charge in [-0.25, -0.2) is 0 Å². The molecule has 14 heavy (non-hydrogen) atoms. The first-order chi connectivity index (χ1) is 6.43. The van der Waals surface area contributed by atoms with Gasteiger partial charge in [0.05, 0.1) is 10.7 Å². The molecule has 0 fully saturated rings. The Labute approximate surface area is 100 Å². The largest absolute Gasteiger partial charge is 0.733 e. The Morgan fingerprint density at radius 2 is 1.86 bits per heavy atom. The van der Waals surface area contributed by atoms with E-state index in [0.29, 0.717) is 0 Å². The first-order valence-corrected chi connectivity index (χ1v) is 4.99. The molecule has 0 radical (unpaired) electrons. The maximum absolute atomic E-state index is 10.7. The molecule has 0 spiro atoms. The molecule has 0 heterocycles. The van der Waals surface area contributed by atoms with Crippen LogP contribution in [0.15, 0.2) is 12.1 Å². The average Bonchev–Trinajstić information content (AvgIpc) is 2.01. The highest BCUT2D eigenvalue weighted by molar-refractivity contribution is 6.45. The molecule has 0 amide bonds. The van der Waals surface area contributed by atoms with Crippen LogP contribution in [-0.2, 0) is 0 Å². The monoisotopic (exact) mass is 274 g/mol. The van der Waals surface area contributed by atoms with E-state index in [1.165, 1.54) is 12.1 Å². The fourth-order valence-electron chi connectivity index (χ4n) is 0.954. The van der Waals surface area contributed by atoms with Gasteiger partial charge >= 0.3 is 0 Å². The fourth-order valence-corrected chi connectivity index (χ4v) is 1.87. The van der Waals surface area contributed by atoms with Crippen molar-refractivity contribution in [3.63, 3.8) is 0 Å². The Morgan fingerprint density at radius 1 is 1.29 bits per heavy atom. The highest BCUT2D eigenvalue weighted by Gasteiger charge is 2.15. The Hall–Kier alpha value is 0.1000. The van der Waals surface area contributed by atoms with Gasteiger partial charge in [-0.05, 0) is 12.1 Å². The van der Waals surface area contributed by atoms with Crippen molar-refractivity contribution in [2.75, 3.05) is 5.23 Å². The molecular formula is C7H4Cl4NO2-. The van der Waals surface area contributed by atoms with Crippen molar-refractivity contribution >= 4 is 52.1 Å². The zero-order valence-electron chi connectivity index (χ0n) is 6.55. The number of nitrogens with zero attached hydrogens (tertiary/aromatic N) is 1. The van der Waals surface area contributed by atoms with Crippen molar-refractivity contribution < 1.29 is 5.21 Å². The predicted octanol–water partition coefficient (Wildman–Crippen LogP) is 4.16. The van der Waals surface area contributed by atoms with E-state index in [9.17, 15) is 5.21 Å². The Balaban J connectivity index is 3.37. The standard InChI is InChI=1S/C7H4Cl4NO2/c8-3-1-4(7(10)11)6(12(13)14)5(9)2-3/h1-2,7,13H/q-1. The van der Waals surface area contributed by atoms with Gasteiger partial charge in [-0.1, -0.05) is 46.4 Å². The molecule has 1 aromatic carbocycles. The van der Waals surface area contributed by atoms with Crippen LogP contribution in [0.25, 0.3) is 0 Å². The summed E-state index contributed by atoms with van der Waals surface area (Å²) in [4.78, 5) is -0.996. The van der Waals surface area contributed by atoms with Gasteiger partial charge < -0.3 is 10.4 Å². The minimum atomic E-state index is -0.996. The quantitative estimate of drug-likeness (QED) is 0.651. The highest BCUT2D eigenvalue weighted by Crippen LogP contribution is 2.39. The summed E-state index contributed by atoms with van der Waals surface area (Å²) in [5.41, 5.74) is -0.0469. The summed E-state index contributed by atoms with van der Waals surface area (Å²) in [5.74, 6) is 0. The molecule has 0 atom stereocenters. The summed E-state index contributed by atoms with van der Waals surface area (Å²) in [6.07, 6.45) is 0. The summed E-state index contributed by atoms with van der Waals surface area (Å²) in [5, 5.41) is 19.4. The number of benzene rings is 1. The normalized spacial score (nSPS) is 10.8. The lowest BCUT2D eigenvalue weighted by atomic mass is 10.2. The molecule has 0 aliphatic rings. The van der Waals surface area contributed by atoms with Crippen LogP contribution in [0, 0.1) is 5.21 Å². The molecule has 1 aromatic rings. The topological polar surface area (TPSA) is 46.5 Å². The maximum Gasteiger partial charge on any atom is 0.134 e. The van der Waals surface area contributed by atoms with Crippen LogP contribution in [0.2, 0.25) is 10.0 Å². The number of halogens is 4. The minimum Gasteiger partial charge on any atom is -0.733 e. The first kappa shape index (κ1) is 12.2. The molecule has 0 bridgehead atoms. The summed E-state index contributed by atoms with van der Waals surface area (Å²) in [6, 6.07) is 2.66. The van der Waals surface area contributed by atoms with Gasteiger partial charge in [0.2, 0.25) is 0 Å². The molecule has 0 saturated heterocycles. The summed E-state index contributed by atoms with van der Waals surface area (Å²) < 4.78 is 0. The lowest BCUT2D eigenvalue weighted by molar-refractivity contribution is 0.296. The van der Waals surface area contributed by atoms with E-state index in [0.717, 1.165) is 0 Å². The van der Waals surface area contributed by atoms with Crippen molar-refractivity contribution in [1.29, 1.82) is 0 Å². The summed E-state index contributed by atoms with van der Waals surface area (Å²) in [6.45, 7) is 0. The highest BCUT2D eigenvalue weighted by atomic mass is 35.5. The first-order valence-electron chi connectivity index (χ1n) is 3.36. The molecule has 0 unspecified atom stereocenters. The van der Waals surface area contributed by atoms with Gasteiger partial charge in [-0.2, -0.15) is 0 Å². The smallest absolute Gasteiger partial charge is 0.134 e. The molecular weight excluding hydrogens is 272 g/mol.